The number of nitrogens with two attached hydrogens (primary N) is 1. The highest BCUT2D eigenvalue weighted by atomic mass is 16.2. The fourth-order valence-corrected chi connectivity index (χ4v) is 1.93. The minimum atomic E-state index is 0.133. The highest BCUT2D eigenvalue weighted by Crippen LogP contribution is 2.29. The summed E-state index contributed by atoms with van der Waals surface area (Å²) in [5, 5.41) is 3.06. The lowest BCUT2D eigenvalue weighted by Gasteiger charge is -2.35. The van der Waals surface area contributed by atoms with E-state index in [1.54, 1.807) is 0 Å². The van der Waals surface area contributed by atoms with Crippen LogP contribution in [0.1, 0.15) is 19.3 Å². The molecule has 1 aliphatic carbocycles. The molecule has 2 atom stereocenters. The van der Waals surface area contributed by atoms with Gasteiger partial charge in [-0.1, -0.05) is 0 Å². The minimum absolute atomic E-state index is 0.133. The van der Waals surface area contributed by atoms with E-state index >= 15 is 0 Å². The monoisotopic (exact) mass is 197 g/mol. The van der Waals surface area contributed by atoms with Crippen molar-refractivity contribution in [1.82, 2.24) is 10.2 Å². The van der Waals surface area contributed by atoms with Crippen LogP contribution in [0.15, 0.2) is 0 Å². The smallest absolute Gasteiger partial charge is 0.223 e. The summed E-state index contributed by atoms with van der Waals surface area (Å²) in [5.41, 5.74) is 5.97. The van der Waals surface area contributed by atoms with E-state index in [9.17, 15) is 4.79 Å². The lowest BCUT2D eigenvalue weighted by molar-refractivity contribution is -0.123. The van der Waals surface area contributed by atoms with Crippen LogP contribution in [0.5, 0.6) is 0 Å². The number of amides is 1. The normalized spacial score (nSPS) is 34.1. The topological polar surface area (TPSA) is 58.4 Å². The van der Waals surface area contributed by atoms with Crippen molar-refractivity contribution in [1.29, 1.82) is 0 Å². The molecule has 1 amide bonds. The number of nitrogens with zero attached hydrogens (tertiary/aromatic N) is 1. The van der Waals surface area contributed by atoms with Crippen LogP contribution in [0.2, 0.25) is 0 Å². The van der Waals surface area contributed by atoms with Crippen molar-refractivity contribution >= 4 is 5.91 Å². The fraction of sp³-hybridized carbons (Fsp3) is 0.900. The Hall–Kier alpha value is -0.610. The van der Waals surface area contributed by atoms with Crippen LogP contribution in [0.4, 0.5) is 0 Å². The molecule has 4 nitrogen and oxygen atoms in total. The first-order chi connectivity index (χ1) is 6.66. The quantitative estimate of drug-likeness (QED) is 0.630. The van der Waals surface area contributed by atoms with Crippen LogP contribution < -0.4 is 11.1 Å². The Morgan fingerprint density at radius 3 is 2.79 bits per heavy atom. The molecule has 2 unspecified atom stereocenters. The van der Waals surface area contributed by atoms with Gasteiger partial charge in [-0.05, 0) is 32.9 Å². The van der Waals surface area contributed by atoms with E-state index in [1.807, 2.05) is 0 Å². The van der Waals surface area contributed by atoms with E-state index < -0.39 is 0 Å². The van der Waals surface area contributed by atoms with E-state index in [2.05, 4.69) is 17.3 Å². The zero-order valence-corrected chi connectivity index (χ0v) is 8.70. The van der Waals surface area contributed by atoms with Gasteiger partial charge in [-0.2, -0.15) is 0 Å². The molecule has 0 aromatic heterocycles. The van der Waals surface area contributed by atoms with Crippen molar-refractivity contribution in [3.8, 4) is 0 Å². The number of carbonyl (C=O) groups excluding carboxylic acids is 1. The van der Waals surface area contributed by atoms with Crippen molar-refractivity contribution in [2.24, 2.45) is 11.7 Å². The van der Waals surface area contributed by atoms with E-state index in [1.165, 1.54) is 0 Å². The second kappa shape index (κ2) is 3.87. The molecule has 80 valence electrons. The van der Waals surface area contributed by atoms with Crippen LogP contribution in [0, 0.1) is 5.92 Å². The number of likely N-dealkylation sites (N-methyl/N-ethyl adjacent to an activating group) is 1. The lowest BCUT2D eigenvalue weighted by Crippen LogP contribution is -2.57. The summed E-state index contributed by atoms with van der Waals surface area (Å²) < 4.78 is 0. The number of hydrogen-bond donors (Lipinski definition) is 2. The summed E-state index contributed by atoms with van der Waals surface area (Å²) >= 11 is 0. The molecule has 4 heteroatoms. The summed E-state index contributed by atoms with van der Waals surface area (Å²) in [6.07, 6.45) is 3.10. The van der Waals surface area contributed by atoms with Gasteiger partial charge < -0.3 is 16.0 Å². The van der Waals surface area contributed by atoms with Gasteiger partial charge in [-0.25, -0.2) is 0 Å². The summed E-state index contributed by atoms with van der Waals surface area (Å²) in [6.45, 7) is 1.93. The maximum Gasteiger partial charge on any atom is 0.223 e. The number of piperidine rings is 1. The summed E-state index contributed by atoms with van der Waals surface area (Å²) in [6, 6.07) is 0.288. The average molecular weight is 197 g/mol. The summed E-state index contributed by atoms with van der Waals surface area (Å²) in [4.78, 5) is 13.8. The van der Waals surface area contributed by atoms with Gasteiger partial charge >= 0.3 is 0 Å². The standard InChI is InChI=1S/C10H19N3O/c1-13-5-4-8(11)9(6-13)12-10(14)7-2-3-7/h7-9H,2-6,11H2,1H3,(H,12,14). The molecule has 0 aromatic rings. The zero-order chi connectivity index (χ0) is 10.1. The van der Waals surface area contributed by atoms with Crippen LogP contribution in [0.25, 0.3) is 0 Å². The molecule has 1 saturated heterocycles. The van der Waals surface area contributed by atoms with Crippen LogP contribution in [0.3, 0.4) is 0 Å². The second-order valence-corrected chi connectivity index (χ2v) is 4.60. The molecule has 0 bridgehead atoms. The lowest BCUT2D eigenvalue weighted by atomic mass is 10.0. The Morgan fingerprint density at radius 2 is 2.14 bits per heavy atom. The van der Waals surface area contributed by atoms with E-state index in [4.69, 9.17) is 5.73 Å². The predicted octanol–water partition coefficient (Wildman–Crippen LogP) is -0.456. The van der Waals surface area contributed by atoms with Crippen molar-refractivity contribution < 1.29 is 4.79 Å². The molecule has 1 aliphatic heterocycles. The largest absolute Gasteiger partial charge is 0.350 e. The maximum absolute atomic E-state index is 11.5. The van der Waals surface area contributed by atoms with Crippen molar-refractivity contribution in [3.63, 3.8) is 0 Å². The van der Waals surface area contributed by atoms with Gasteiger partial charge in [0.05, 0.1) is 6.04 Å². The Bertz CT molecular complexity index is 227. The number of rotatable bonds is 2. The Balaban J connectivity index is 1.84. The molecular weight excluding hydrogens is 178 g/mol. The Morgan fingerprint density at radius 1 is 1.43 bits per heavy atom. The minimum Gasteiger partial charge on any atom is -0.350 e. The molecule has 2 fully saturated rings. The third-order valence-corrected chi connectivity index (χ3v) is 3.15. The molecule has 1 saturated carbocycles. The molecule has 1 heterocycles. The number of hydrogen-bond acceptors (Lipinski definition) is 3. The van der Waals surface area contributed by atoms with Crippen molar-refractivity contribution in [2.45, 2.75) is 31.3 Å². The van der Waals surface area contributed by atoms with Gasteiger partial charge in [0.25, 0.3) is 0 Å². The SMILES string of the molecule is CN1CCC(N)C(NC(=O)C2CC2)C1. The predicted molar refractivity (Wildman–Crippen MR) is 54.7 cm³/mol. The maximum atomic E-state index is 11.5. The molecule has 3 N–H and O–H groups in total. The molecular formula is C10H19N3O. The molecule has 0 aromatic carbocycles. The van der Waals surface area contributed by atoms with E-state index in [0.717, 1.165) is 32.4 Å². The average Bonchev–Trinajstić information content (AvgIpc) is 2.94. The van der Waals surface area contributed by atoms with E-state index in [-0.39, 0.29) is 23.9 Å². The zero-order valence-electron chi connectivity index (χ0n) is 8.70. The van der Waals surface area contributed by atoms with Crippen LogP contribution in [-0.2, 0) is 4.79 Å². The van der Waals surface area contributed by atoms with Gasteiger partial charge in [0, 0.05) is 18.5 Å². The highest BCUT2D eigenvalue weighted by Gasteiger charge is 2.33. The first-order valence-electron chi connectivity index (χ1n) is 5.41. The molecule has 14 heavy (non-hydrogen) atoms. The van der Waals surface area contributed by atoms with Gasteiger partial charge in [-0.15, -0.1) is 0 Å². The van der Waals surface area contributed by atoms with Gasteiger partial charge in [0.2, 0.25) is 5.91 Å². The number of nitrogens with one attached hydrogen (secondary N) is 1. The van der Waals surface area contributed by atoms with Crippen molar-refractivity contribution in [2.75, 3.05) is 20.1 Å². The van der Waals surface area contributed by atoms with Gasteiger partial charge in [-0.3, -0.25) is 4.79 Å². The number of likely N-dealkylation sites (tertiary alicyclic amines) is 1. The van der Waals surface area contributed by atoms with Crippen LogP contribution >= 0.6 is 0 Å². The van der Waals surface area contributed by atoms with E-state index in [0.29, 0.717) is 0 Å². The Labute approximate surface area is 84.8 Å². The molecule has 2 aliphatic rings. The fourth-order valence-electron chi connectivity index (χ4n) is 1.93. The van der Waals surface area contributed by atoms with Crippen LogP contribution in [-0.4, -0.2) is 43.0 Å². The third kappa shape index (κ3) is 2.25. The number of carbonyl (C=O) groups is 1. The molecule has 2 rings (SSSR count). The first kappa shape index (κ1) is 9.93. The first-order valence-corrected chi connectivity index (χ1v) is 5.41. The molecule has 0 radical (unpaired) electrons. The second-order valence-electron chi connectivity index (χ2n) is 4.60. The Kier molecular flexibility index (Phi) is 2.74. The van der Waals surface area contributed by atoms with Gasteiger partial charge in [0.15, 0.2) is 0 Å². The van der Waals surface area contributed by atoms with Crippen molar-refractivity contribution in [3.05, 3.63) is 0 Å². The van der Waals surface area contributed by atoms with Gasteiger partial charge in [0.1, 0.15) is 0 Å². The molecule has 0 spiro atoms. The summed E-state index contributed by atoms with van der Waals surface area (Å²) in [7, 11) is 2.07. The summed E-state index contributed by atoms with van der Waals surface area (Å²) in [5.74, 6) is 0.496. The highest BCUT2D eigenvalue weighted by molar-refractivity contribution is 5.81. The third-order valence-electron chi connectivity index (χ3n) is 3.15.